The molecule has 190 valence electrons. The first-order valence-electron chi connectivity index (χ1n) is 10.9. The molecule has 36 heavy (non-hydrogen) atoms. The molecule has 0 aliphatic carbocycles. The number of anilines is 1. The van der Waals surface area contributed by atoms with Crippen molar-refractivity contribution in [3.05, 3.63) is 54.6 Å². The molecule has 0 spiro atoms. The minimum atomic E-state index is -1.08. The fourth-order valence-electron chi connectivity index (χ4n) is 3.27. The minimum absolute atomic E-state index is 0.0723. The number of aromatic carboxylic acids is 1. The number of ether oxygens (including phenoxy) is 3. The fraction of sp³-hybridized carbons (Fsp3) is 0.280. The van der Waals surface area contributed by atoms with Crippen LogP contribution in [-0.4, -0.2) is 54.2 Å². The molecule has 2 aromatic carbocycles. The maximum atomic E-state index is 12.5. The molecule has 1 aromatic heterocycles. The molecule has 0 unspecified atom stereocenters. The number of amides is 2. The average molecular weight is 498 g/mol. The first-order chi connectivity index (χ1) is 17.1. The van der Waals surface area contributed by atoms with E-state index in [9.17, 15) is 14.4 Å². The van der Waals surface area contributed by atoms with Crippen LogP contribution in [0.4, 0.5) is 5.69 Å². The predicted octanol–water partition coefficient (Wildman–Crippen LogP) is 3.36. The Bertz CT molecular complexity index is 1240. The van der Waals surface area contributed by atoms with Crippen LogP contribution in [0.25, 0.3) is 11.3 Å². The molecule has 3 rings (SSSR count). The van der Waals surface area contributed by atoms with Gasteiger partial charge in [-0.25, -0.2) is 9.78 Å². The van der Waals surface area contributed by atoms with E-state index in [2.05, 4.69) is 15.6 Å². The van der Waals surface area contributed by atoms with Crippen LogP contribution < -0.4 is 24.8 Å². The summed E-state index contributed by atoms with van der Waals surface area (Å²) in [6.07, 6.45) is 3.19. The third kappa shape index (κ3) is 6.53. The maximum absolute atomic E-state index is 12.5. The lowest BCUT2D eigenvalue weighted by molar-refractivity contribution is -0.137. The molecule has 2 amide bonds. The predicted molar refractivity (Wildman–Crippen MR) is 129 cm³/mol. The molecule has 0 radical (unpaired) electrons. The van der Waals surface area contributed by atoms with E-state index in [-0.39, 0.29) is 17.9 Å². The van der Waals surface area contributed by atoms with Gasteiger partial charge in [0.05, 0.1) is 38.2 Å². The number of carbonyl (C=O) groups is 3. The number of nitrogens with zero attached hydrogens (tertiary/aromatic N) is 1. The van der Waals surface area contributed by atoms with Gasteiger partial charge in [0.2, 0.25) is 0 Å². The standard InChI is InChI=1S/C25H27N3O8/c1-25(2,9-10-35-18-8-5-15(24(31)32)11-20(18)34-4)28-23(30)22(29)27-16-6-7-17(19(12-16)33-3)21-13-26-14-36-21/h5-8,11-14H,9-10H2,1-4H3,(H,27,29)(H,28,30)(H,31,32). The molecule has 1 heterocycles. The van der Waals surface area contributed by atoms with Crippen molar-refractivity contribution in [1.82, 2.24) is 10.3 Å². The number of hydrogen-bond donors (Lipinski definition) is 3. The fourth-order valence-corrected chi connectivity index (χ4v) is 3.27. The largest absolute Gasteiger partial charge is 0.496 e. The normalized spacial score (nSPS) is 10.9. The SMILES string of the molecule is COc1cc(C(=O)O)ccc1OCCC(C)(C)NC(=O)C(=O)Nc1ccc(-c2cnco2)c(OC)c1. The monoisotopic (exact) mass is 497 g/mol. The highest BCUT2D eigenvalue weighted by molar-refractivity contribution is 6.39. The Balaban J connectivity index is 1.56. The third-order valence-corrected chi connectivity index (χ3v) is 5.21. The van der Waals surface area contributed by atoms with E-state index in [1.807, 2.05) is 0 Å². The molecule has 0 bridgehead atoms. The molecule has 0 aliphatic rings. The zero-order valence-corrected chi connectivity index (χ0v) is 20.3. The first kappa shape index (κ1) is 26.1. The number of oxazole rings is 1. The van der Waals surface area contributed by atoms with Gasteiger partial charge in [-0.2, -0.15) is 0 Å². The number of carboxylic acids is 1. The van der Waals surface area contributed by atoms with Crippen molar-refractivity contribution in [2.75, 3.05) is 26.1 Å². The summed E-state index contributed by atoms with van der Waals surface area (Å²) in [6, 6.07) is 9.15. The topological polar surface area (TPSA) is 149 Å². The van der Waals surface area contributed by atoms with Crippen molar-refractivity contribution in [1.29, 1.82) is 0 Å². The molecule has 3 aromatic rings. The quantitative estimate of drug-likeness (QED) is 0.358. The molecule has 3 N–H and O–H groups in total. The molecule has 0 fully saturated rings. The van der Waals surface area contributed by atoms with E-state index in [1.54, 1.807) is 32.0 Å². The molecule has 11 nitrogen and oxygen atoms in total. The maximum Gasteiger partial charge on any atom is 0.335 e. The lowest BCUT2D eigenvalue weighted by atomic mass is 10.0. The number of carboxylic acid groups (broad SMARTS) is 1. The van der Waals surface area contributed by atoms with E-state index in [0.29, 0.717) is 34.9 Å². The van der Waals surface area contributed by atoms with Crippen LogP contribution in [0.2, 0.25) is 0 Å². The van der Waals surface area contributed by atoms with Crippen LogP contribution in [0.3, 0.4) is 0 Å². The number of nitrogens with one attached hydrogen (secondary N) is 2. The second kappa shape index (κ2) is 11.3. The van der Waals surface area contributed by atoms with Crippen LogP contribution in [0.15, 0.2) is 53.4 Å². The summed E-state index contributed by atoms with van der Waals surface area (Å²) in [4.78, 5) is 40.0. The van der Waals surface area contributed by atoms with Gasteiger partial charge in [0.1, 0.15) is 5.75 Å². The van der Waals surface area contributed by atoms with E-state index in [4.69, 9.17) is 23.7 Å². The number of hydrogen-bond acceptors (Lipinski definition) is 8. The van der Waals surface area contributed by atoms with E-state index in [1.165, 1.54) is 45.0 Å². The van der Waals surface area contributed by atoms with Crippen LogP contribution in [0, 0.1) is 0 Å². The molecular formula is C25H27N3O8. The second-order valence-corrected chi connectivity index (χ2v) is 8.34. The second-order valence-electron chi connectivity index (χ2n) is 8.34. The van der Waals surface area contributed by atoms with Crippen LogP contribution in [-0.2, 0) is 9.59 Å². The number of carbonyl (C=O) groups excluding carboxylic acids is 2. The number of methoxy groups -OCH3 is 2. The van der Waals surface area contributed by atoms with Crippen LogP contribution >= 0.6 is 0 Å². The number of rotatable bonds is 10. The van der Waals surface area contributed by atoms with Crippen molar-refractivity contribution in [2.24, 2.45) is 0 Å². The summed E-state index contributed by atoms with van der Waals surface area (Å²) in [6.45, 7) is 3.68. The molecule has 0 saturated carbocycles. The Labute approximate surface area is 207 Å². The average Bonchev–Trinajstić information content (AvgIpc) is 3.38. The highest BCUT2D eigenvalue weighted by Gasteiger charge is 2.25. The molecular weight excluding hydrogens is 470 g/mol. The van der Waals surface area contributed by atoms with E-state index < -0.39 is 23.3 Å². The summed E-state index contributed by atoms with van der Waals surface area (Å²) in [5.41, 5.74) is 0.306. The van der Waals surface area contributed by atoms with Gasteiger partial charge < -0.3 is 34.4 Å². The van der Waals surface area contributed by atoms with Gasteiger partial charge in [0.25, 0.3) is 0 Å². The minimum Gasteiger partial charge on any atom is -0.496 e. The molecule has 0 aliphatic heterocycles. The van der Waals surface area contributed by atoms with Crippen molar-refractivity contribution in [3.8, 4) is 28.6 Å². The smallest absolute Gasteiger partial charge is 0.335 e. The summed E-state index contributed by atoms with van der Waals surface area (Å²) in [5, 5.41) is 14.3. The van der Waals surface area contributed by atoms with Crippen molar-refractivity contribution in [3.63, 3.8) is 0 Å². The number of aromatic nitrogens is 1. The zero-order valence-electron chi connectivity index (χ0n) is 20.3. The van der Waals surface area contributed by atoms with Gasteiger partial charge in [-0.05, 0) is 44.2 Å². The van der Waals surface area contributed by atoms with E-state index >= 15 is 0 Å². The first-order valence-corrected chi connectivity index (χ1v) is 10.9. The van der Waals surface area contributed by atoms with Gasteiger partial charge in [-0.3, -0.25) is 9.59 Å². The summed E-state index contributed by atoms with van der Waals surface area (Å²) < 4.78 is 21.5. The van der Waals surface area contributed by atoms with Gasteiger partial charge in [-0.15, -0.1) is 0 Å². The lowest BCUT2D eigenvalue weighted by Crippen LogP contribution is -2.48. The summed E-state index contributed by atoms with van der Waals surface area (Å²) in [5.74, 6) is -1.15. The lowest BCUT2D eigenvalue weighted by Gasteiger charge is -2.26. The van der Waals surface area contributed by atoms with Crippen molar-refractivity contribution in [2.45, 2.75) is 25.8 Å². The Morgan fingerprint density at radius 1 is 1.00 bits per heavy atom. The van der Waals surface area contributed by atoms with Crippen LogP contribution in [0.5, 0.6) is 17.2 Å². The van der Waals surface area contributed by atoms with Crippen molar-refractivity contribution >= 4 is 23.5 Å². The Morgan fingerprint density at radius 2 is 1.75 bits per heavy atom. The van der Waals surface area contributed by atoms with Gasteiger partial charge in [0, 0.05) is 23.7 Å². The molecule has 0 atom stereocenters. The molecule has 0 saturated heterocycles. The highest BCUT2D eigenvalue weighted by Crippen LogP contribution is 2.32. The van der Waals surface area contributed by atoms with Crippen molar-refractivity contribution < 1.29 is 38.1 Å². The van der Waals surface area contributed by atoms with E-state index in [0.717, 1.165) is 0 Å². The summed E-state index contributed by atoms with van der Waals surface area (Å²) in [7, 11) is 2.89. The zero-order chi connectivity index (χ0) is 26.3. The van der Waals surface area contributed by atoms with Gasteiger partial charge in [-0.1, -0.05) is 0 Å². The highest BCUT2D eigenvalue weighted by atomic mass is 16.5. The Morgan fingerprint density at radius 3 is 2.39 bits per heavy atom. The Kier molecular flexibility index (Phi) is 8.15. The number of benzene rings is 2. The van der Waals surface area contributed by atoms with Gasteiger partial charge >= 0.3 is 17.8 Å². The molecule has 11 heteroatoms. The third-order valence-electron chi connectivity index (χ3n) is 5.21. The summed E-state index contributed by atoms with van der Waals surface area (Å²) >= 11 is 0. The Hall–Kier alpha value is -4.54. The van der Waals surface area contributed by atoms with Gasteiger partial charge in [0.15, 0.2) is 23.7 Å². The van der Waals surface area contributed by atoms with Crippen LogP contribution in [0.1, 0.15) is 30.6 Å².